The van der Waals surface area contributed by atoms with Gasteiger partial charge in [-0.2, -0.15) is 5.10 Å². The van der Waals surface area contributed by atoms with Crippen LogP contribution in [-0.4, -0.2) is 23.4 Å². The van der Waals surface area contributed by atoms with Crippen molar-refractivity contribution in [2.45, 2.75) is 26.9 Å². The molecular weight excluding hydrogens is 318 g/mol. The lowest BCUT2D eigenvalue weighted by Crippen LogP contribution is -2.11. The first-order valence-electron chi connectivity index (χ1n) is 6.70. The summed E-state index contributed by atoms with van der Waals surface area (Å²) in [4.78, 5) is 0. The first kappa shape index (κ1) is 15.1. The molecule has 1 aromatic heterocycles. The summed E-state index contributed by atoms with van der Waals surface area (Å²) in [6.45, 7) is 6.67. The zero-order chi connectivity index (χ0) is 14.5. The van der Waals surface area contributed by atoms with Crippen molar-refractivity contribution in [3.05, 3.63) is 45.7 Å². The lowest BCUT2D eigenvalue weighted by Gasteiger charge is -2.09. The van der Waals surface area contributed by atoms with E-state index in [4.69, 9.17) is 4.74 Å². The van der Waals surface area contributed by atoms with Crippen LogP contribution in [0.25, 0.3) is 0 Å². The molecule has 4 nitrogen and oxygen atoms in total. The quantitative estimate of drug-likeness (QED) is 0.880. The number of aryl methyl sites for hydroxylation is 1. The molecule has 0 fully saturated rings. The van der Waals surface area contributed by atoms with Crippen molar-refractivity contribution in [2.75, 3.05) is 13.7 Å². The summed E-state index contributed by atoms with van der Waals surface area (Å²) in [6.07, 6.45) is 2.10. The van der Waals surface area contributed by atoms with Crippen LogP contribution in [0, 0.1) is 6.92 Å². The molecule has 1 heterocycles. The fourth-order valence-corrected chi connectivity index (χ4v) is 2.53. The summed E-state index contributed by atoms with van der Waals surface area (Å²) >= 11 is 3.50. The highest BCUT2D eigenvalue weighted by atomic mass is 79.9. The van der Waals surface area contributed by atoms with E-state index in [0.29, 0.717) is 6.54 Å². The lowest BCUT2D eigenvalue weighted by molar-refractivity contribution is 0.407. The number of benzene rings is 1. The smallest absolute Gasteiger partial charge is 0.124 e. The number of rotatable bonds is 6. The van der Waals surface area contributed by atoms with Gasteiger partial charge in [0.05, 0.1) is 19.3 Å². The third-order valence-corrected chi connectivity index (χ3v) is 3.68. The second kappa shape index (κ2) is 6.90. The molecule has 2 aromatic rings. The number of hydrogen-bond acceptors (Lipinski definition) is 3. The Balaban J connectivity index is 2.19. The Hall–Kier alpha value is -1.33. The van der Waals surface area contributed by atoms with Crippen LogP contribution in [-0.2, 0) is 13.1 Å². The maximum absolute atomic E-state index is 5.40. The van der Waals surface area contributed by atoms with E-state index in [1.165, 1.54) is 5.56 Å². The number of nitrogens with one attached hydrogen (secondary N) is 1. The van der Waals surface area contributed by atoms with Crippen LogP contribution in [0.3, 0.4) is 0 Å². The van der Waals surface area contributed by atoms with Crippen molar-refractivity contribution < 1.29 is 4.74 Å². The van der Waals surface area contributed by atoms with Crippen LogP contribution >= 0.6 is 15.9 Å². The average molecular weight is 338 g/mol. The minimum atomic E-state index is 0.704. The summed E-state index contributed by atoms with van der Waals surface area (Å²) in [5.74, 6) is 0.884. The van der Waals surface area contributed by atoms with Crippen molar-refractivity contribution in [2.24, 2.45) is 0 Å². The standard InChI is InChI=1S/C15H20BrN3O/c1-4-17-8-13-10-19(18-11(13)2)9-12-7-14(16)5-6-15(12)20-3/h5-7,10,17H,4,8-9H2,1-3H3. The highest BCUT2D eigenvalue weighted by Crippen LogP contribution is 2.24. The molecule has 0 aliphatic rings. The minimum absolute atomic E-state index is 0.704. The van der Waals surface area contributed by atoms with Gasteiger partial charge in [0.25, 0.3) is 0 Å². The Labute approximate surface area is 128 Å². The Bertz CT molecular complexity index is 580. The fraction of sp³-hybridized carbons (Fsp3) is 0.400. The van der Waals surface area contributed by atoms with E-state index in [-0.39, 0.29) is 0 Å². The van der Waals surface area contributed by atoms with Gasteiger partial charge in [0, 0.05) is 28.3 Å². The van der Waals surface area contributed by atoms with Gasteiger partial charge in [0.15, 0.2) is 0 Å². The van der Waals surface area contributed by atoms with E-state index in [2.05, 4.69) is 45.5 Å². The second-order valence-electron chi connectivity index (χ2n) is 4.67. The van der Waals surface area contributed by atoms with Crippen molar-refractivity contribution in [3.8, 4) is 5.75 Å². The number of methoxy groups -OCH3 is 1. The highest BCUT2D eigenvalue weighted by molar-refractivity contribution is 9.10. The third kappa shape index (κ3) is 3.61. The van der Waals surface area contributed by atoms with Gasteiger partial charge in [0.2, 0.25) is 0 Å². The van der Waals surface area contributed by atoms with Gasteiger partial charge in [0.1, 0.15) is 5.75 Å². The summed E-state index contributed by atoms with van der Waals surface area (Å²) in [5.41, 5.74) is 3.42. The SMILES string of the molecule is CCNCc1cn(Cc2cc(Br)ccc2OC)nc1C. The summed E-state index contributed by atoms with van der Waals surface area (Å²) < 4.78 is 8.41. The predicted molar refractivity (Wildman–Crippen MR) is 84.1 cm³/mol. The molecule has 0 atom stereocenters. The minimum Gasteiger partial charge on any atom is -0.496 e. The molecule has 108 valence electrons. The number of aromatic nitrogens is 2. The highest BCUT2D eigenvalue weighted by Gasteiger charge is 2.08. The van der Waals surface area contributed by atoms with Crippen molar-refractivity contribution in [1.29, 1.82) is 0 Å². The largest absolute Gasteiger partial charge is 0.496 e. The molecule has 0 radical (unpaired) electrons. The molecule has 0 saturated heterocycles. The van der Waals surface area contributed by atoms with Gasteiger partial charge < -0.3 is 10.1 Å². The average Bonchev–Trinajstić information content (AvgIpc) is 2.77. The maximum atomic E-state index is 5.40. The van der Waals surface area contributed by atoms with Gasteiger partial charge in [-0.1, -0.05) is 22.9 Å². The van der Waals surface area contributed by atoms with Crippen molar-refractivity contribution in [3.63, 3.8) is 0 Å². The van der Waals surface area contributed by atoms with Gasteiger partial charge in [-0.05, 0) is 31.7 Å². The second-order valence-corrected chi connectivity index (χ2v) is 5.59. The van der Waals surface area contributed by atoms with Crippen LogP contribution in [0.1, 0.15) is 23.7 Å². The molecule has 0 aliphatic carbocycles. The van der Waals surface area contributed by atoms with E-state index in [1.807, 2.05) is 23.7 Å². The van der Waals surface area contributed by atoms with Gasteiger partial charge in [-0.3, -0.25) is 4.68 Å². The molecule has 0 unspecified atom stereocenters. The van der Waals surface area contributed by atoms with Crippen LogP contribution in [0.2, 0.25) is 0 Å². The fourth-order valence-electron chi connectivity index (χ4n) is 2.12. The van der Waals surface area contributed by atoms with Gasteiger partial charge in [-0.25, -0.2) is 0 Å². The molecule has 0 aliphatic heterocycles. The first-order valence-corrected chi connectivity index (χ1v) is 7.49. The Kier molecular flexibility index (Phi) is 5.20. The monoisotopic (exact) mass is 337 g/mol. The lowest BCUT2D eigenvalue weighted by atomic mass is 10.2. The molecule has 20 heavy (non-hydrogen) atoms. The Morgan fingerprint density at radius 1 is 1.35 bits per heavy atom. The number of hydrogen-bond donors (Lipinski definition) is 1. The van der Waals surface area contributed by atoms with Crippen LogP contribution in [0.4, 0.5) is 0 Å². The van der Waals surface area contributed by atoms with Crippen molar-refractivity contribution in [1.82, 2.24) is 15.1 Å². The topological polar surface area (TPSA) is 39.1 Å². The molecule has 0 saturated carbocycles. The number of halogens is 1. The molecule has 1 N–H and O–H groups in total. The van der Waals surface area contributed by atoms with Crippen LogP contribution in [0.15, 0.2) is 28.9 Å². The normalized spacial score (nSPS) is 10.8. The molecule has 0 bridgehead atoms. The van der Waals surface area contributed by atoms with E-state index in [9.17, 15) is 0 Å². The molecule has 1 aromatic carbocycles. The van der Waals surface area contributed by atoms with E-state index >= 15 is 0 Å². The van der Waals surface area contributed by atoms with E-state index in [1.54, 1.807) is 7.11 Å². The van der Waals surface area contributed by atoms with Gasteiger partial charge in [-0.15, -0.1) is 0 Å². The number of nitrogens with zero attached hydrogens (tertiary/aromatic N) is 2. The predicted octanol–water partition coefficient (Wildman–Crippen LogP) is 3.12. The van der Waals surface area contributed by atoms with Gasteiger partial charge >= 0.3 is 0 Å². The third-order valence-electron chi connectivity index (χ3n) is 3.19. The first-order chi connectivity index (χ1) is 9.63. The van der Waals surface area contributed by atoms with Crippen LogP contribution < -0.4 is 10.1 Å². The zero-order valence-corrected chi connectivity index (χ0v) is 13.7. The van der Waals surface area contributed by atoms with Crippen molar-refractivity contribution >= 4 is 15.9 Å². The van der Waals surface area contributed by atoms with Crippen LogP contribution in [0.5, 0.6) is 5.75 Å². The Morgan fingerprint density at radius 3 is 2.85 bits per heavy atom. The summed E-state index contributed by atoms with van der Waals surface area (Å²) in [7, 11) is 1.69. The van der Waals surface area contributed by atoms with E-state index in [0.717, 1.165) is 34.6 Å². The van der Waals surface area contributed by atoms with E-state index < -0.39 is 0 Å². The Morgan fingerprint density at radius 2 is 2.15 bits per heavy atom. The number of ether oxygens (including phenoxy) is 1. The molecule has 0 amide bonds. The molecule has 0 spiro atoms. The zero-order valence-electron chi connectivity index (χ0n) is 12.1. The summed E-state index contributed by atoms with van der Waals surface area (Å²) in [6, 6.07) is 6.02. The summed E-state index contributed by atoms with van der Waals surface area (Å²) in [5, 5.41) is 7.90. The molecule has 2 rings (SSSR count). The maximum Gasteiger partial charge on any atom is 0.124 e. The molecule has 5 heteroatoms. The molecular formula is C15H20BrN3O.